The molecule has 140 valence electrons. The largest absolute Gasteiger partial charge is 0.346 e. The third-order valence-corrected chi connectivity index (χ3v) is 6.31. The van der Waals surface area contributed by atoms with Gasteiger partial charge in [-0.25, -0.2) is 19.9 Å². The van der Waals surface area contributed by atoms with Gasteiger partial charge in [0.05, 0.1) is 26.3 Å². The predicted molar refractivity (Wildman–Crippen MR) is 108 cm³/mol. The third-order valence-electron chi connectivity index (χ3n) is 4.44. The predicted octanol–water partition coefficient (Wildman–Crippen LogP) is 2.99. The number of rotatable bonds is 4. The first kappa shape index (κ1) is 18.0. The second-order valence-corrected chi connectivity index (χ2v) is 8.81. The van der Waals surface area contributed by atoms with Gasteiger partial charge in [-0.1, -0.05) is 0 Å². The summed E-state index contributed by atoms with van der Waals surface area (Å²) in [5.74, 6) is 0.579. The topological polar surface area (TPSA) is 83.9 Å². The van der Waals surface area contributed by atoms with Crippen molar-refractivity contribution in [3.05, 3.63) is 39.0 Å². The van der Waals surface area contributed by atoms with Crippen LogP contribution in [0.5, 0.6) is 0 Å². The van der Waals surface area contributed by atoms with Crippen molar-refractivity contribution >= 4 is 34.5 Å². The highest BCUT2D eigenvalue weighted by molar-refractivity contribution is 7.15. The van der Waals surface area contributed by atoms with Gasteiger partial charge in [0.25, 0.3) is 5.91 Å². The van der Waals surface area contributed by atoms with Crippen LogP contribution in [0.4, 0.5) is 5.95 Å². The summed E-state index contributed by atoms with van der Waals surface area (Å²) in [4.78, 5) is 33.4. The van der Waals surface area contributed by atoms with Gasteiger partial charge in [0, 0.05) is 30.7 Å². The Kier molecular flexibility index (Phi) is 4.88. The molecule has 1 aliphatic rings. The van der Waals surface area contributed by atoms with E-state index in [9.17, 15) is 4.79 Å². The van der Waals surface area contributed by atoms with Crippen LogP contribution < -0.4 is 10.2 Å². The molecule has 1 N–H and O–H groups in total. The van der Waals surface area contributed by atoms with E-state index >= 15 is 0 Å². The molecule has 27 heavy (non-hydrogen) atoms. The zero-order chi connectivity index (χ0) is 19.0. The molecule has 0 radical (unpaired) electrons. The molecule has 0 saturated carbocycles. The maximum absolute atomic E-state index is 12.3. The first-order valence-corrected chi connectivity index (χ1v) is 10.4. The van der Waals surface area contributed by atoms with Crippen LogP contribution in [0.25, 0.3) is 10.6 Å². The Labute approximate surface area is 165 Å². The van der Waals surface area contributed by atoms with Crippen molar-refractivity contribution in [2.75, 3.05) is 18.0 Å². The van der Waals surface area contributed by atoms with E-state index in [1.807, 2.05) is 26.8 Å². The fourth-order valence-electron chi connectivity index (χ4n) is 3.18. The molecule has 9 heteroatoms. The summed E-state index contributed by atoms with van der Waals surface area (Å²) in [6, 6.07) is 1.99. The summed E-state index contributed by atoms with van der Waals surface area (Å²) in [5.41, 5.74) is 2.38. The molecule has 0 aliphatic carbocycles. The smallest absolute Gasteiger partial charge is 0.271 e. The first-order chi connectivity index (χ1) is 13.0. The van der Waals surface area contributed by atoms with Gasteiger partial charge < -0.3 is 10.2 Å². The lowest BCUT2D eigenvalue weighted by atomic mass is 10.2. The Hall–Kier alpha value is -2.39. The Bertz CT molecular complexity index is 982. The Morgan fingerprint density at radius 3 is 2.78 bits per heavy atom. The lowest BCUT2D eigenvalue weighted by Gasteiger charge is -2.17. The number of aryl methyl sites for hydroxylation is 3. The van der Waals surface area contributed by atoms with Crippen LogP contribution in [-0.4, -0.2) is 45.0 Å². The highest BCUT2D eigenvalue weighted by Crippen LogP contribution is 2.29. The van der Waals surface area contributed by atoms with Crippen molar-refractivity contribution < 1.29 is 4.79 Å². The molecule has 1 aliphatic heterocycles. The standard InChI is InChI=1S/C18H20N6OS2/c1-10-16(27-12(3)20-10)14-4-6-19-18(23-14)24-7-5-13(8-24)22-17(25)15-9-26-11(2)21-15/h4,6,9,13H,5,7-8H2,1-3H3,(H,22,25). The molecule has 1 fully saturated rings. The molecule has 1 saturated heterocycles. The summed E-state index contributed by atoms with van der Waals surface area (Å²) >= 11 is 3.13. The van der Waals surface area contributed by atoms with Crippen molar-refractivity contribution in [1.82, 2.24) is 25.3 Å². The highest BCUT2D eigenvalue weighted by Gasteiger charge is 2.27. The number of aromatic nitrogens is 4. The minimum absolute atomic E-state index is 0.0687. The molecule has 1 unspecified atom stereocenters. The monoisotopic (exact) mass is 400 g/mol. The molecule has 3 aromatic heterocycles. The molecule has 1 atom stereocenters. The lowest BCUT2D eigenvalue weighted by molar-refractivity contribution is 0.0936. The van der Waals surface area contributed by atoms with E-state index in [2.05, 4.69) is 25.2 Å². The summed E-state index contributed by atoms with van der Waals surface area (Å²) in [5, 5.41) is 6.79. The molecule has 0 spiro atoms. The second kappa shape index (κ2) is 7.32. The fraction of sp³-hybridized carbons (Fsp3) is 0.389. The molecular weight excluding hydrogens is 380 g/mol. The Morgan fingerprint density at radius 1 is 1.22 bits per heavy atom. The van der Waals surface area contributed by atoms with Crippen molar-refractivity contribution in [1.29, 1.82) is 0 Å². The number of anilines is 1. The first-order valence-electron chi connectivity index (χ1n) is 8.75. The van der Waals surface area contributed by atoms with Gasteiger partial charge in [0.1, 0.15) is 5.69 Å². The number of nitrogens with zero attached hydrogens (tertiary/aromatic N) is 5. The van der Waals surface area contributed by atoms with E-state index in [1.165, 1.54) is 11.3 Å². The lowest BCUT2D eigenvalue weighted by Crippen LogP contribution is -2.37. The number of carbonyl (C=O) groups excluding carboxylic acids is 1. The van der Waals surface area contributed by atoms with Gasteiger partial charge in [0.2, 0.25) is 5.95 Å². The van der Waals surface area contributed by atoms with Crippen LogP contribution >= 0.6 is 22.7 Å². The Morgan fingerprint density at radius 2 is 2.07 bits per heavy atom. The van der Waals surface area contributed by atoms with Gasteiger partial charge in [-0.3, -0.25) is 4.79 Å². The minimum Gasteiger partial charge on any atom is -0.346 e. The molecule has 3 aromatic rings. The van der Waals surface area contributed by atoms with E-state index in [-0.39, 0.29) is 11.9 Å². The number of thiazole rings is 2. The van der Waals surface area contributed by atoms with Crippen LogP contribution in [0.3, 0.4) is 0 Å². The average Bonchev–Trinajstić information content (AvgIpc) is 3.35. The highest BCUT2D eigenvalue weighted by atomic mass is 32.1. The summed E-state index contributed by atoms with van der Waals surface area (Å²) < 4.78 is 0. The van der Waals surface area contributed by atoms with Crippen molar-refractivity contribution in [3.8, 4) is 10.6 Å². The van der Waals surface area contributed by atoms with E-state index in [4.69, 9.17) is 4.98 Å². The summed E-state index contributed by atoms with van der Waals surface area (Å²) in [7, 11) is 0. The zero-order valence-corrected chi connectivity index (χ0v) is 17.0. The number of hydrogen-bond donors (Lipinski definition) is 1. The summed E-state index contributed by atoms with van der Waals surface area (Å²) in [6.45, 7) is 7.41. The van der Waals surface area contributed by atoms with Gasteiger partial charge >= 0.3 is 0 Å². The van der Waals surface area contributed by atoms with Gasteiger partial charge in [-0.05, 0) is 33.3 Å². The number of carbonyl (C=O) groups is 1. The fourth-order valence-corrected chi connectivity index (χ4v) is 4.67. The van der Waals surface area contributed by atoms with Crippen LogP contribution in [0.2, 0.25) is 0 Å². The number of nitrogens with one attached hydrogen (secondary N) is 1. The molecule has 0 bridgehead atoms. The van der Waals surface area contributed by atoms with E-state index in [1.54, 1.807) is 22.9 Å². The third kappa shape index (κ3) is 3.84. The van der Waals surface area contributed by atoms with Crippen LogP contribution in [0.1, 0.15) is 32.6 Å². The molecular formula is C18H20N6OS2. The molecule has 4 rings (SSSR count). The maximum atomic E-state index is 12.3. The van der Waals surface area contributed by atoms with Crippen LogP contribution in [-0.2, 0) is 0 Å². The van der Waals surface area contributed by atoms with Gasteiger partial charge in [-0.15, -0.1) is 22.7 Å². The van der Waals surface area contributed by atoms with Crippen molar-refractivity contribution in [2.24, 2.45) is 0 Å². The summed E-state index contributed by atoms with van der Waals surface area (Å²) in [6.07, 6.45) is 2.65. The van der Waals surface area contributed by atoms with Gasteiger partial charge in [0.15, 0.2) is 0 Å². The molecule has 4 heterocycles. The Balaban J connectivity index is 1.45. The molecule has 0 aromatic carbocycles. The second-order valence-electron chi connectivity index (χ2n) is 6.55. The number of hydrogen-bond acceptors (Lipinski definition) is 8. The normalized spacial score (nSPS) is 16.7. The number of amides is 1. The quantitative estimate of drug-likeness (QED) is 0.725. The maximum Gasteiger partial charge on any atom is 0.271 e. The van der Waals surface area contributed by atoms with Crippen molar-refractivity contribution in [3.63, 3.8) is 0 Å². The van der Waals surface area contributed by atoms with Crippen molar-refractivity contribution in [2.45, 2.75) is 33.2 Å². The molecule has 7 nitrogen and oxygen atoms in total. The van der Waals surface area contributed by atoms with Gasteiger partial charge in [-0.2, -0.15) is 0 Å². The average molecular weight is 401 g/mol. The van der Waals surface area contributed by atoms with E-state index in [0.29, 0.717) is 18.2 Å². The zero-order valence-electron chi connectivity index (χ0n) is 15.4. The SMILES string of the molecule is Cc1nc(C(=O)NC2CCN(c3nccc(-c4sc(C)nc4C)n3)C2)cs1. The minimum atomic E-state index is -0.114. The van der Waals surface area contributed by atoms with Crippen LogP contribution in [0.15, 0.2) is 17.6 Å². The van der Waals surface area contributed by atoms with Crippen LogP contribution in [0, 0.1) is 20.8 Å². The van der Waals surface area contributed by atoms with E-state index < -0.39 is 0 Å². The molecule has 1 amide bonds. The van der Waals surface area contributed by atoms with E-state index in [0.717, 1.165) is 39.2 Å².